The lowest BCUT2D eigenvalue weighted by atomic mass is 10.2. The van der Waals surface area contributed by atoms with Crippen molar-refractivity contribution in [2.75, 3.05) is 6.61 Å². The Morgan fingerprint density at radius 3 is 2.77 bits per heavy atom. The number of carbonyl (C=O) groups excluding carboxylic acids is 1. The number of phenols is 2. The number of hydrogen-bond acceptors (Lipinski definition) is 5. The van der Waals surface area contributed by atoms with Gasteiger partial charge in [0, 0.05) is 0 Å². The van der Waals surface area contributed by atoms with E-state index in [1.54, 1.807) is 12.1 Å². The fourth-order valence-corrected chi connectivity index (χ4v) is 1.69. The van der Waals surface area contributed by atoms with Gasteiger partial charge in [0.05, 0.1) is 6.21 Å². The molecule has 0 saturated heterocycles. The van der Waals surface area contributed by atoms with Gasteiger partial charge in [-0.2, -0.15) is 5.10 Å². The summed E-state index contributed by atoms with van der Waals surface area (Å²) < 4.78 is 5.33. The number of nitrogens with one attached hydrogen (secondary N) is 1. The minimum absolute atomic E-state index is 0.151. The number of benzene rings is 2. The minimum atomic E-state index is -0.402. The zero-order chi connectivity index (χ0) is 15.9. The molecule has 0 atom stereocenters. The molecular weight excluding hydrogens is 284 g/mol. The molecular formula is C16H16N2O4. The number of hydrazone groups is 1. The highest BCUT2D eigenvalue weighted by atomic mass is 16.5. The highest BCUT2D eigenvalue weighted by molar-refractivity contribution is 5.83. The van der Waals surface area contributed by atoms with Crippen molar-refractivity contribution in [2.24, 2.45) is 5.10 Å². The highest BCUT2D eigenvalue weighted by Gasteiger charge is 2.02. The van der Waals surface area contributed by atoms with E-state index in [0.29, 0.717) is 11.3 Å². The number of carbonyl (C=O) groups is 1. The Hall–Kier alpha value is -3.02. The number of rotatable bonds is 5. The number of nitrogens with zero attached hydrogens (tertiary/aromatic N) is 1. The summed E-state index contributed by atoms with van der Waals surface area (Å²) in [5.41, 5.74) is 3.89. The first-order valence-electron chi connectivity index (χ1n) is 6.58. The lowest BCUT2D eigenvalue weighted by Gasteiger charge is -2.05. The molecule has 0 heterocycles. The Kier molecular flexibility index (Phi) is 4.98. The zero-order valence-corrected chi connectivity index (χ0v) is 12.0. The number of phenolic OH excluding ortho intramolecular Hbond substituents is 2. The van der Waals surface area contributed by atoms with Gasteiger partial charge in [-0.25, -0.2) is 5.43 Å². The van der Waals surface area contributed by atoms with E-state index in [1.807, 2.05) is 25.1 Å². The van der Waals surface area contributed by atoms with E-state index in [-0.39, 0.29) is 18.1 Å². The molecule has 0 aliphatic heterocycles. The summed E-state index contributed by atoms with van der Waals surface area (Å²) >= 11 is 0. The number of ether oxygens (including phenoxy) is 1. The van der Waals surface area contributed by atoms with E-state index >= 15 is 0 Å². The average Bonchev–Trinajstić information content (AvgIpc) is 2.49. The van der Waals surface area contributed by atoms with Gasteiger partial charge < -0.3 is 14.9 Å². The van der Waals surface area contributed by atoms with E-state index in [1.165, 1.54) is 18.3 Å². The molecule has 3 N–H and O–H groups in total. The molecule has 0 unspecified atom stereocenters. The lowest BCUT2D eigenvalue weighted by Crippen LogP contribution is -2.24. The quantitative estimate of drug-likeness (QED) is 0.447. The van der Waals surface area contributed by atoms with Gasteiger partial charge in [0.2, 0.25) is 0 Å². The number of aromatic hydroxyl groups is 2. The third kappa shape index (κ3) is 4.52. The fraction of sp³-hybridized carbons (Fsp3) is 0.125. The first-order chi connectivity index (χ1) is 10.5. The Bertz CT molecular complexity index is 698. The number of aryl methyl sites for hydroxylation is 1. The van der Waals surface area contributed by atoms with Crippen LogP contribution in [0, 0.1) is 6.92 Å². The van der Waals surface area contributed by atoms with E-state index < -0.39 is 5.91 Å². The largest absolute Gasteiger partial charge is 0.504 e. The molecule has 6 heteroatoms. The summed E-state index contributed by atoms with van der Waals surface area (Å²) in [7, 11) is 0. The zero-order valence-electron chi connectivity index (χ0n) is 12.0. The van der Waals surface area contributed by atoms with E-state index in [0.717, 1.165) is 5.56 Å². The van der Waals surface area contributed by atoms with Crippen molar-refractivity contribution in [3.05, 3.63) is 53.6 Å². The van der Waals surface area contributed by atoms with Crippen molar-refractivity contribution >= 4 is 12.1 Å². The molecule has 0 spiro atoms. The predicted octanol–water partition coefficient (Wildman–Crippen LogP) is 1.94. The monoisotopic (exact) mass is 300 g/mol. The fourth-order valence-electron chi connectivity index (χ4n) is 1.69. The molecule has 0 aliphatic rings. The molecule has 2 aromatic carbocycles. The van der Waals surface area contributed by atoms with Gasteiger partial charge in [0.25, 0.3) is 5.91 Å². The summed E-state index contributed by atoms with van der Waals surface area (Å²) in [4.78, 5) is 11.6. The van der Waals surface area contributed by atoms with Gasteiger partial charge in [-0.3, -0.25) is 4.79 Å². The Morgan fingerprint density at radius 1 is 1.23 bits per heavy atom. The molecule has 1 amide bonds. The third-order valence-electron chi connectivity index (χ3n) is 2.76. The van der Waals surface area contributed by atoms with Crippen LogP contribution in [0.3, 0.4) is 0 Å². The van der Waals surface area contributed by atoms with Crippen LogP contribution in [0.5, 0.6) is 17.2 Å². The minimum Gasteiger partial charge on any atom is -0.504 e. The standard InChI is InChI=1S/C16H16N2O4/c1-11-3-2-4-13(7-11)22-10-16(21)18-17-9-12-5-6-14(19)15(20)8-12/h2-9,19-20H,10H2,1H3,(H,18,21)/b17-9+. The molecule has 2 rings (SSSR count). The summed E-state index contributed by atoms with van der Waals surface area (Å²) in [6.45, 7) is 1.78. The third-order valence-corrected chi connectivity index (χ3v) is 2.76. The smallest absolute Gasteiger partial charge is 0.277 e. The van der Waals surface area contributed by atoms with Crippen molar-refractivity contribution in [3.8, 4) is 17.2 Å². The Labute approximate surface area is 127 Å². The molecule has 0 aromatic heterocycles. The van der Waals surface area contributed by atoms with Gasteiger partial charge in [-0.1, -0.05) is 12.1 Å². The SMILES string of the molecule is Cc1cccc(OCC(=O)N/N=C/c2ccc(O)c(O)c2)c1. The second-order valence-electron chi connectivity index (χ2n) is 4.65. The van der Waals surface area contributed by atoms with Crippen molar-refractivity contribution in [1.82, 2.24) is 5.43 Å². The second kappa shape index (κ2) is 7.12. The number of amides is 1. The maximum Gasteiger partial charge on any atom is 0.277 e. The molecule has 0 fully saturated rings. The van der Waals surface area contributed by atoms with Crippen LogP contribution in [-0.4, -0.2) is 28.9 Å². The van der Waals surface area contributed by atoms with Crippen LogP contribution in [0.1, 0.15) is 11.1 Å². The van der Waals surface area contributed by atoms with Crippen LogP contribution < -0.4 is 10.2 Å². The van der Waals surface area contributed by atoms with Crippen LogP contribution in [0.2, 0.25) is 0 Å². The summed E-state index contributed by atoms with van der Waals surface area (Å²) in [6, 6.07) is 11.6. The first-order valence-corrected chi connectivity index (χ1v) is 6.58. The normalized spacial score (nSPS) is 10.6. The molecule has 0 bridgehead atoms. The van der Waals surface area contributed by atoms with E-state index in [9.17, 15) is 15.0 Å². The van der Waals surface area contributed by atoms with Gasteiger partial charge in [0.15, 0.2) is 18.1 Å². The van der Waals surface area contributed by atoms with Crippen LogP contribution in [-0.2, 0) is 4.79 Å². The maximum atomic E-state index is 11.6. The summed E-state index contributed by atoms with van der Waals surface area (Å²) in [6.07, 6.45) is 1.35. The molecule has 22 heavy (non-hydrogen) atoms. The van der Waals surface area contributed by atoms with Crippen molar-refractivity contribution < 1.29 is 19.7 Å². The van der Waals surface area contributed by atoms with Gasteiger partial charge in [0.1, 0.15) is 5.75 Å². The Balaban J connectivity index is 1.82. The first kappa shape index (κ1) is 15.4. The molecule has 114 valence electrons. The Morgan fingerprint density at radius 2 is 2.05 bits per heavy atom. The molecule has 0 aliphatic carbocycles. The van der Waals surface area contributed by atoms with Crippen LogP contribution in [0.15, 0.2) is 47.6 Å². The van der Waals surface area contributed by atoms with Crippen LogP contribution >= 0.6 is 0 Å². The summed E-state index contributed by atoms with van der Waals surface area (Å²) in [5.74, 6) is -0.255. The predicted molar refractivity (Wildman–Crippen MR) is 82.2 cm³/mol. The van der Waals surface area contributed by atoms with E-state index in [4.69, 9.17) is 4.74 Å². The molecule has 2 aromatic rings. The molecule has 0 saturated carbocycles. The summed E-state index contributed by atoms with van der Waals surface area (Å²) in [5, 5.41) is 22.2. The molecule has 0 radical (unpaired) electrons. The van der Waals surface area contributed by atoms with Crippen molar-refractivity contribution in [1.29, 1.82) is 0 Å². The van der Waals surface area contributed by atoms with Gasteiger partial charge >= 0.3 is 0 Å². The lowest BCUT2D eigenvalue weighted by molar-refractivity contribution is -0.123. The topological polar surface area (TPSA) is 91.2 Å². The van der Waals surface area contributed by atoms with Gasteiger partial charge in [-0.15, -0.1) is 0 Å². The van der Waals surface area contributed by atoms with Crippen LogP contribution in [0.4, 0.5) is 0 Å². The second-order valence-corrected chi connectivity index (χ2v) is 4.65. The van der Waals surface area contributed by atoms with Gasteiger partial charge in [-0.05, 0) is 48.4 Å². The molecule has 6 nitrogen and oxygen atoms in total. The maximum absolute atomic E-state index is 11.6. The van der Waals surface area contributed by atoms with Crippen LogP contribution in [0.25, 0.3) is 0 Å². The number of hydrogen-bond donors (Lipinski definition) is 3. The average molecular weight is 300 g/mol. The van der Waals surface area contributed by atoms with E-state index in [2.05, 4.69) is 10.5 Å². The van der Waals surface area contributed by atoms with Crippen molar-refractivity contribution in [3.63, 3.8) is 0 Å². The van der Waals surface area contributed by atoms with Crippen molar-refractivity contribution in [2.45, 2.75) is 6.92 Å². The highest BCUT2D eigenvalue weighted by Crippen LogP contribution is 2.23.